The maximum atomic E-state index is 12.8. The van der Waals surface area contributed by atoms with Crippen LogP contribution in [0.1, 0.15) is 43.2 Å². The molecule has 1 aliphatic heterocycles. The van der Waals surface area contributed by atoms with Crippen LogP contribution in [0.3, 0.4) is 0 Å². The first-order valence-electron chi connectivity index (χ1n) is 15.3. The molecule has 244 valence electrons. The third-order valence-corrected chi connectivity index (χ3v) is 8.35. The van der Waals surface area contributed by atoms with E-state index in [9.17, 15) is 14.7 Å². The van der Waals surface area contributed by atoms with Crippen LogP contribution in [0.5, 0.6) is 11.5 Å². The van der Waals surface area contributed by atoms with Crippen molar-refractivity contribution in [3.63, 3.8) is 0 Å². The summed E-state index contributed by atoms with van der Waals surface area (Å²) < 4.78 is 25.8. The Morgan fingerprint density at radius 3 is 2.17 bits per heavy atom. The van der Waals surface area contributed by atoms with E-state index in [1.165, 1.54) is 6.33 Å². The third-order valence-electron chi connectivity index (χ3n) is 8.35. The summed E-state index contributed by atoms with van der Waals surface area (Å²) in [5.74, 6) is 0.810. The van der Waals surface area contributed by atoms with Crippen molar-refractivity contribution in [2.75, 3.05) is 26.1 Å². The van der Waals surface area contributed by atoms with E-state index >= 15 is 0 Å². The number of carbonyl (C=O) groups is 1. The largest absolute Gasteiger partial charge is 0.497 e. The second-order valence-electron chi connectivity index (χ2n) is 11.6. The van der Waals surface area contributed by atoms with Gasteiger partial charge in [0, 0.05) is 12.3 Å². The van der Waals surface area contributed by atoms with Crippen LogP contribution in [0.2, 0.25) is 0 Å². The number of nitrogens with one attached hydrogen (secondary N) is 2. The zero-order valence-electron chi connectivity index (χ0n) is 26.5. The molecular formula is C35H37N5O7. The molecule has 3 heterocycles. The minimum Gasteiger partial charge on any atom is -0.497 e. The van der Waals surface area contributed by atoms with Gasteiger partial charge in [-0.15, -0.1) is 0 Å². The molecule has 0 aliphatic carbocycles. The van der Waals surface area contributed by atoms with Crippen molar-refractivity contribution in [1.29, 1.82) is 0 Å². The number of fused-ring (bicyclic) bond motifs is 1. The highest BCUT2D eigenvalue weighted by Gasteiger charge is 2.42. The first-order valence-corrected chi connectivity index (χ1v) is 15.3. The molecule has 12 nitrogen and oxygen atoms in total. The smallest absolute Gasteiger partial charge is 0.280 e. The highest BCUT2D eigenvalue weighted by molar-refractivity contribution is 5.91. The number of aromatic amines is 1. The number of anilines is 1. The van der Waals surface area contributed by atoms with Gasteiger partial charge >= 0.3 is 0 Å². The summed E-state index contributed by atoms with van der Waals surface area (Å²) in [5.41, 5.74) is 1.28. The van der Waals surface area contributed by atoms with Crippen molar-refractivity contribution < 1.29 is 28.8 Å². The average molecular weight is 640 g/mol. The molecule has 0 unspecified atom stereocenters. The Balaban J connectivity index is 1.33. The van der Waals surface area contributed by atoms with Gasteiger partial charge in [0.05, 0.1) is 33.3 Å². The Morgan fingerprint density at radius 1 is 1.00 bits per heavy atom. The number of amides is 1. The van der Waals surface area contributed by atoms with Gasteiger partial charge in [-0.2, -0.15) is 4.98 Å². The molecule has 1 fully saturated rings. The molecule has 2 aromatic heterocycles. The quantitative estimate of drug-likeness (QED) is 0.179. The second-order valence-corrected chi connectivity index (χ2v) is 11.6. The van der Waals surface area contributed by atoms with E-state index in [0.29, 0.717) is 11.5 Å². The van der Waals surface area contributed by atoms with Crippen LogP contribution in [0.25, 0.3) is 11.2 Å². The lowest BCUT2D eigenvalue weighted by molar-refractivity contribution is -0.118. The predicted molar refractivity (Wildman–Crippen MR) is 174 cm³/mol. The molecule has 0 spiro atoms. The van der Waals surface area contributed by atoms with E-state index in [1.807, 2.05) is 78.9 Å². The lowest BCUT2D eigenvalue weighted by atomic mass is 9.80. The highest BCUT2D eigenvalue weighted by atomic mass is 16.6. The predicted octanol–water partition coefficient (Wildman–Crippen LogP) is 4.39. The maximum Gasteiger partial charge on any atom is 0.280 e. The molecule has 3 aromatic carbocycles. The maximum absolute atomic E-state index is 12.8. The number of methoxy groups -OCH3 is 2. The summed E-state index contributed by atoms with van der Waals surface area (Å²) in [7, 11) is 3.23. The van der Waals surface area contributed by atoms with Crippen molar-refractivity contribution in [1.82, 2.24) is 19.5 Å². The fourth-order valence-corrected chi connectivity index (χ4v) is 5.77. The number of hydrogen-bond acceptors (Lipinski definition) is 9. The molecule has 12 heteroatoms. The number of benzene rings is 3. The molecule has 6 rings (SSSR count). The van der Waals surface area contributed by atoms with E-state index in [-0.39, 0.29) is 42.0 Å². The summed E-state index contributed by atoms with van der Waals surface area (Å²) in [4.78, 5) is 36.3. The van der Waals surface area contributed by atoms with Crippen molar-refractivity contribution in [3.05, 3.63) is 112 Å². The van der Waals surface area contributed by atoms with Gasteiger partial charge in [0.2, 0.25) is 11.9 Å². The van der Waals surface area contributed by atoms with Gasteiger partial charge in [-0.25, -0.2) is 4.98 Å². The van der Waals surface area contributed by atoms with Crippen molar-refractivity contribution in [2.24, 2.45) is 5.92 Å². The number of nitrogens with zero attached hydrogens (tertiary/aromatic N) is 3. The van der Waals surface area contributed by atoms with Crippen molar-refractivity contribution in [2.45, 2.75) is 44.3 Å². The first kappa shape index (κ1) is 31.9. The van der Waals surface area contributed by atoms with Crippen LogP contribution < -0.4 is 20.3 Å². The number of ether oxygens (including phenoxy) is 4. The summed E-state index contributed by atoms with van der Waals surface area (Å²) in [5, 5.41) is 13.9. The average Bonchev–Trinajstić information content (AvgIpc) is 3.69. The van der Waals surface area contributed by atoms with Crippen LogP contribution >= 0.6 is 0 Å². The lowest BCUT2D eigenvalue weighted by Gasteiger charge is -2.37. The minimum absolute atomic E-state index is 0.00741. The molecule has 1 saturated heterocycles. The van der Waals surface area contributed by atoms with Crippen LogP contribution in [0, 0.1) is 5.92 Å². The monoisotopic (exact) mass is 639 g/mol. The van der Waals surface area contributed by atoms with Crippen LogP contribution in [0.4, 0.5) is 5.95 Å². The molecule has 3 N–H and O–H groups in total. The van der Waals surface area contributed by atoms with Gasteiger partial charge in [0.15, 0.2) is 11.2 Å². The molecule has 0 saturated carbocycles. The summed E-state index contributed by atoms with van der Waals surface area (Å²) in [6.07, 6.45) is -0.686. The number of aromatic nitrogens is 4. The number of aliphatic hydroxyl groups is 1. The first-order chi connectivity index (χ1) is 22.7. The van der Waals surface area contributed by atoms with E-state index in [2.05, 4.69) is 20.3 Å². The number of imidazole rings is 1. The zero-order valence-corrected chi connectivity index (χ0v) is 26.5. The van der Waals surface area contributed by atoms with Gasteiger partial charge < -0.3 is 24.1 Å². The Morgan fingerprint density at radius 2 is 1.60 bits per heavy atom. The Hall–Kier alpha value is -5.04. The van der Waals surface area contributed by atoms with Crippen molar-refractivity contribution >= 4 is 23.0 Å². The van der Waals surface area contributed by atoms with Gasteiger partial charge in [0.1, 0.15) is 29.4 Å². The second kappa shape index (κ2) is 13.4. The standard InChI is InChI=1S/C35H37N5O7/c1-21(2)32(42)38-34-37-31-30(33(43)39-34)36-20-40(31)29-18-27(41)28(47-29)19-46-35(22-8-6-5-7-9-22,23-10-14-25(44-3)15-11-23)24-12-16-26(45-4)17-13-24/h5-17,20-21,27-29,41H,18-19H2,1-4H3,(H2,37,38,39,42,43)/t27-,28+,29-/m0/s1. The van der Waals surface area contributed by atoms with Crippen LogP contribution in [-0.2, 0) is 19.9 Å². The fourth-order valence-electron chi connectivity index (χ4n) is 5.77. The molecule has 3 atom stereocenters. The van der Waals surface area contributed by atoms with E-state index in [1.54, 1.807) is 32.6 Å². The lowest BCUT2D eigenvalue weighted by Crippen LogP contribution is -2.38. The summed E-state index contributed by atoms with van der Waals surface area (Å²) >= 11 is 0. The van der Waals surface area contributed by atoms with Crippen molar-refractivity contribution in [3.8, 4) is 11.5 Å². The molecule has 0 radical (unpaired) electrons. The molecule has 47 heavy (non-hydrogen) atoms. The molecule has 0 bridgehead atoms. The summed E-state index contributed by atoms with van der Waals surface area (Å²) in [6.45, 7) is 3.49. The SMILES string of the molecule is COc1ccc(C(OC[C@H]2O[C@H](n3cnc4c(=O)[nH]c(NC(=O)C(C)C)nc43)C[C@@H]2O)(c2ccccc2)c2ccc(OC)cc2)cc1. The number of H-pyrrole nitrogens is 1. The molecule has 5 aromatic rings. The number of aliphatic hydroxyl groups excluding tert-OH is 1. The van der Waals surface area contributed by atoms with Gasteiger partial charge in [0.25, 0.3) is 5.56 Å². The Labute approximate surface area is 271 Å². The normalized spacial score (nSPS) is 18.0. The number of carbonyl (C=O) groups excluding carboxylic acids is 1. The van der Waals surface area contributed by atoms with Gasteiger partial charge in [-0.3, -0.25) is 24.5 Å². The number of rotatable bonds is 11. The Kier molecular flexibility index (Phi) is 9.08. The molecule has 1 amide bonds. The zero-order chi connectivity index (χ0) is 33.1. The van der Waals surface area contributed by atoms with Crippen LogP contribution in [-0.4, -0.2) is 63.6 Å². The summed E-state index contributed by atoms with van der Waals surface area (Å²) in [6, 6.07) is 25.2. The molecular weight excluding hydrogens is 602 g/mol. The fraction of sp³-hybridized carbons (Fsp3) is 0.314. The topological polar surface area (TPSA) is 150 Å². The Bertz CT molecular complexity index is 1840. The van der Waals surface area contributed by atoms with E-state index < -0.39 is 29.6 Å². The highest BCUT2D eigenvalue weighted by Crippen LogP contribution is 2.43. The van der Waals surface area contributed by atoms with Gasteiger partial charge in [-0.05, 0) is 41.0 Å². The third kappa shape index (κ3) is 6.22. The molecule has 1 aliphatic rings. The van der Waals surface area contributed by atoms with E-state index in [4.69, 9.17) is 18.9 Å². The number of hydrogen-bond donors (Lipinski definition) is 3. The minimum atomic E-state index is -1.10. The van der Waals surface area contributed by atoms with Crippen LogP contribution in [0.15, 0.2) is 90.0 Å². The van der Waals surface area contributed by atoms with Gasteiger partial charge in [-0.1, -0.05) is 68.4 Å². The van der Waals surface area contributed by atoms with E-state index in [0.717, 1.165) is 16.7 Å².